The number of hydrogen-bond donors (Lipinski definition) is 1. The average Bonchev–Trinajstić information content (AvgIpc) is 2.38. The van der Waals surface area contributed by atoms with Crippen LogP contribution in [0.15, 0.2) is 30.6 Å². The molecule has 0 aliphatic carbocycles. The Bertz CT molecular complexity index is 560. The molecular formula is C13H13ClN2O2. The van der Waals surface area contributed by atoms with Crippen molar-refractivity contribution < 1.29 is 9.84 Å². The van der Waals surface area contributed by atoms with E-state index in [1.807, 2.05) is 13.0 Å². The SMILES string of the molecule is COc1nccnc1C(O)c1ccc(C)cc1Cl. The fourth-order valence-electron chi connectivity index (χ4n) is 1.68. The van der Waals surface area contributed by atoms with E-state index < -0.39 is 6.10 Å². The highest BCUT2D eigenvalue weighted by molar-refractivity contribution is 6.31. The Labute approximate surface area is 110 Å². The zero-order valence-electron chi connectivity index (χ0n) is 10.1. The van der Waals surface area contributed by atoms with Gasteiger partial charge in [-0.05, 0) is 18.6 Å². The molecule has 94 valence electrons. The molecule has 1 aromatic carbocycles. The fourth-order valence-corrected chi connectivity index (χ4v) is 2.02. The molecule has 18 heavy (non-hydrogen) atoms. The van der Waals surface area contributed by atoms with Crippen molar-refractivity contribution in [1.82, 2.24) is 9.97 Å². The van der Waals surface area contributed by atoms with E-state index in [2.05, 4.69) is 9.97 Å². The minimum atomic E-state index is -0.957. The molecule has 1 atom stereocenters. The third-order valence-corrected chi connectivity index (χ3v) is 2.92. The maximum absolute atomic E-state index is 10.3. The van der Waals surface area contributed by atoms with Crippen LogP contribution in [0.2, 0.25) is 5.02 Å². The van der Waals surface area contributed by atoms with Crippen molar-refractivity contribution in [3.8, 4) is 5.88 Å². The van der Waals surface area contributed by atoms with E-state index in [-0.39, 0.29) is 0 Å². The Kier molecular flexibility index (Phi) is 3.79. The first kappa shape index (κ1) is 12.8. The van der Waals surface area contributed by atoms with Crippen molar-refractivity contribution in [2.75, 3.05) is 7.11 Å². The number of rotatable bonds is 3. The zero-order valence-corrected chi connectivity index (χ0v) is 10.8. The number of halogens is 1. The molecule has 2 aromatic rings. The maximum atomic E-state index is 10.3. The second-order valence-electron chi connectivity index (χ2n) is 3.88. The topological polar surface area (TPSA) is 55.2 Å². The summed E-state index contributed by atoms with van der Waals surface area (Å²) >= 11 is 6.12. The summed E-state index contributed by atoms with van der Waals surface area (Å²) in [4.78, 5) is 8.10. The molecule has 0 saturated carbocycles. The summed E-state index contributed by atoms with van der Waals surface area (Å²) < 4.78 is 5.07. The number of ether oxygens (including phenoxy) is 1. The van der Waals surface area contributed by atoms with E-state index in [4.69, 9.17) is 16.3 Å². The molecule has 2 rings (SSSR count). The molecule has 0 amide bonds. The lowest BCUT2D eigenvalue weighted by molar-refractivity contribution is 0.207. The highest BCUT2D eigenvalue weighted by Gasteiger charge is 2.20. The smallest absolute Gasteiger partial charge is 0.238 e. The van der Waals surface area contributed by atoms with Crippen molar-refractivity contribution >= 4 is 11.6 Å². The van der Waals surface area contributed by atoms with Gasteiger partial charge in [0.05, 0.1) is 7.11 Å². The number of aliphatic hydroxyl groups excluding tert-OH is 1. The van der Waals surface area contributed by atoms with Gasteiger partial charge in [0.15, 0.2) is 0 Å². The van der Waals surface area contributed by atoms with Gasteiger partial charge >= 0.3 is 0 Å². The Morgan fingerprint density at radius 1 is 1.28 bits per heavy atom. The van der Waals surface area contributed by atoms with Crippen LogP contribution in [0, 0.1) is 6.92 Å². The van der Waals surface area contributed by atoms with Gasteiger partial charge in [-0.25, -0.2) is 4.98 Å². The maximum Gasteiger partial charge on any atom is 0.238 e. The molecule has 0 saturated heterocycles. The quantitative estimate of drug-likeness (QED) is 0.926. The standard InChI is InChI=1S/C13H13ClN2O2/c1-8-3-4-9(10(14)7-8)12(17)11-13(18-2)16-6-5-15-11/h3-7,12,17H,1-2H3. The molecule has 0 radical (unpaired) electrons. The van der Waals surface area contributed by atoms with E-state index in [9.17, 15) is 5.11 Å². The van der Waals surface area contributed by atoms with Crippen LogP contribution in [0.1, 0.15) is 22.9 Å². The van der Waals surface area contributed by atoms with E-state index in [1.54, 1.807) is 12.1 Å². The Hall–Kier alpha value is -1.65. The zero-order chi connectivity index (χ0) is 13.1. The van der Waals surface area contributed by atoms with Crippen molar-refractivity contribution in [2.45, 2.75) is 13.0 Å². The normalized spacial score (nSPS) is 12.2. The van der Waals surface area contributed by atoms with E-state index in [0.717, 1.165) is 5.56 Å². The second-order valence-corrected chi connectivity index (χ2v) is 4.29. The largest absolute Gasteiger partial charge is 0.480 e. The third kappa shape index (κ3) is 2.44. The first-order valence-electron chi connectivity index (χ1n) is 5.42. The minimum absolute atomic E-state index is 0.293. The molecule has 1 N–H and O–H groups in total. The molecule has 0 bridgehead atoms. The van der Waals surface area contributed by atoms with Gasteiger partial charge in [-0.1, -0.05) is 23.7 Å². The van der Waals surface area contributed by atoms with Crippen LogP contribution < -0.4 is 4.74 Å². The molecule has 0 aliphatic rings. The van der Waals surface area contributed by atoms with Crippen molar-refractivity contribution in [3.05, 3.63) is 52.4 Å². The van der Waals surface area contributed by atoms with Gasteiger partial charge in [-0.15, -0.1) is 0 Å². The van der Waals surface area contributed by atoms with Gasteiger partial charge in [-0.3, -0.25) is 4.98 Å². The van der Waals surface area contributed by atoms with Gasteiger partial charge < -0.3 is 9.84 Å². The molecule has 0 spiro atoms. The number of nitrogens with zero attached hydrogens (tertiary/aromatic N) is 2. The molecule has 4 nitrogen and oxygen atoms in total. The lowest BCUT2D eigenvalue weighted by Crippen LogP contribution is -2.06. The highest BCUT2D eigenvalue weighted by atomic mass is 35.5. The van der Waals surface area contributed by atoms with E-state index >= 15 is 0 Å². The first-order valence-corrected chi connectivity index (χ1v) is 5.80. The number of aryl methyl sites for hydroxylation is 1. The molecule has 0 fully saturated rings. The van der Waals surface area contributed by atoms with Gasteiger partial charge in [0.2, 0.25) is 5.88 Å². The van der Waals surface area contributed by atoms with Crippen LogP contribution >= 0.6 is 11.6 Å². The molecule has 1 aromatic heterocycles. The molecule has 1 heterocycles. The molecule has 1 unspecified atom stereocenters. The number of methoxy groups -OCH3 is 1. The van der Waals surface area contributed by atoms with Crippen LogP contribution in [-0.2, 0) is 0 Å². The van der Waals surface area contributed by atoms with Gasteiger partial charge in [0.25, 0.3) is 0 Å². The van der Waals surface area contributed by atoms with Crippen molar-refractivity contribution in [2.24, 2.45) is 0 Å². The predicted octanol–water partition coefficient (Wildman–Crippen LogP) is 2.53. The third-order valence-electron chi connectivity index (χ3n) is 2.59. The Morgan fingerprint density at radius 3 is 2.67 bits per heavy atom. The van der Waals surface area contributed by atoms with Crippen LogP contribution in [0.3, 0.4) is 0 Å². The Morgan fingerprint density at radius 2 is 2.00 bits per heavy atom. The highest BCUT2D eigenvalue weighted by Crippen LogP contribution is 2.31. The van der Waals surface area contributed by atoms with E-state index in [1.165, 1.54) is 19.5 Å². The number of benzene rings is 1. The summed E-state index contributed by atoms with van der Waals surface area (Å²) in [5, 5.41) is 10.8. The van der Waals surface area contributed by atoms with Gasteiger partial charge in [0, 0.05) is 23.0 Å². The van der Waals surface area contributed by atoms with Crippen LogP contribution in [-0.4, -0.2) is 22.2 Å². The minimum Gasteiger partial charge on any atom is -0.480 e. The summed E-state index contributed by atoms with van der Waals surface area (Å²) in [6.45, 7) is 1.94. The molecule has 0 aliphatic heterocycles. The number of aromatic nitrogens is 2. The van der Waals surface area contributed by atoms with Crippen LogP contribution in [0.4, 0.5) is 0 Å². The Balaban J connectivity index is 2.44. The predicted molar refractivity (Wildman–Crippen MR) is 68.8 cm³/mol. The lowest BCUT2D eigenvalue weighted by atomic mass is 10.0. The summed E-state index contributed by atoms with van der Waals surface area (Å²) in [6.07, 6.45) is 2.05. The average molecular weight is 265 g/mol. The second kappa shape index (κ2) is 5.33. The summed E-state index contributed by atoms with van der Waals surface area (Å²) in [6, 6.07) is 5.45. The monoisotopic (exact) mass is 264 g/mol. The molecule has 5 heteroatoms. The summed E-state index contributed by atoms with van der Waals surface area (Å²) in [5.74, 6) is 0.293. The fraction of sp³-hybridized carbons (Fsp3) is 0.231. The number of aliphatic hydroxyl groups is 1. The summed E-state index contributed by atoms with van der Waals surface area (Å²) in [5.41, 5.74) is 1.97. The van der Waals surface area contributed by atoms with Crippen LogP contribution in [0.25, 0.3) is 0 Å². The first-order chi connectivity index (χ1) is 8.63. The van der Waals surface area contributed by atoms with Gasteiger partial charge in [-0.2, -0.15) is 0 Å². The number of hydrogen-bond acceptors (Lipinski definition) is 4. The molecular weight excluding hydrogens is 252 g/mol. The van der Waals surface area contributed by atoms with Crippen molar-refractivity contribution in [3.63, 3.8) is 0 Å². The van der Waals surface area contributed by atoms with Crippen molar-refractivity contribution in [1.29, 1.82) is 0 Å². The lowest BCUT2D eigenvalue weighted by Gasteiger charge is -2.14. The van der Waals surface area contributed by atoms with E-state index in [0.29, 0.717) is 22.2 Å². The van der Waals surface area contributed by atoms with Crippen LogP contribution in [0.5, 0.6) is 5.88 Å². The van der Waals surface area contributed by atoms with Gasteiger partial charge in [0.1, 0.15) is 11.8 Å². The summed E-state index contributed by atoms with van der Waals surface area (Å²) in [7, 11) is 1.48.